The average Bonchev–Trinajstić information content (AvgIpc) is 2.97. The van der Waals surface area contributed by atoms with Crippen molar-refractivity contribution in [3.8, 4) is 0 Å². The second-order valence-electron chi connectivity index (χ2n) is 6.79. The zero-order valence-corrected chi connectivity index (χ0v) is 14.6. The van der Waals surface area contributed by atoms with Crippen LogP contribution in [0.1, 0.15) is 57.4 Å². The Kier molecular flexibility index (Phi) is 6.63. The molecule has 1 unspecified atom stereocenters. The standard InChI is InChI=1S/C19H31NS/c1-3-11-19(16-21,12-4-2)15-20-13-10-18(14-20)17-8-6-5-7-9-17/h5-9,18,21H,3-4,10-16H2,1-2H3. The van der Waals surface area contributed by atoms with Gasteiger partial charge in [0.15, 0.2) is 0 Å². The summed E-state index contributed by atoms with van der Waals surface area (Å²) in [6, 6.07) is 11.0. The first-order valence-corrected chi connectivity index (χ1v) is 9.24. The smallest absolute Gasteiger partial charge is 0.00510 e. The number of rotatable bonds is 8. The van der Waals surface area contributed by atoms with E-state index < -0.39 is 0 Å². The molecule has 1 saturated heterocycles. The molecule has 1 aliphatic heterocycles. The quantitative estimate of drug-likeness (QED) is 0.662. The molecule has 1 heterocycles. The van der Waals surface area contributed by atoms with E-state index >= 15 is 0 Å². The van der Waals surface area contributed by atoms with Crippen molar-refractivity contribution < 1.29 is 0 Å². The van der Waals surface area contributed by atoms with Gasteiger partial charge in [-0.2, -0.15) is 12.6 Å². The van der Waals surface area contributed by atoms with Gasteiger partial charge in [-0.25, -0.2) is 0 Å². The van der Waals surface area contributed by atoms with Gasteiger partial charge >= 0.3 is 0 Å². The van der Waals surface area contributed by atoms with Crippen LogP contribution in [0.25, 0.3) is 0 Å². The van der Waals surface area contributed by atoms with Crippen LogP contribution in [0.2, 0.25) is 0 Å². The van der Waals surface area contributed by atoms with E-state index in [-0.39, 0.29) is 0 Å². The molecule has 0 aromatic heterocycles. The lowest BCUT2D eigenvalue weighted by molar-refractivity contribution is 0.168. The van der Waals surface area contributed by atoms with Crippen LogP contribution in [0.15, 0.2) is 30.3 Å². The molecule has 0 bridgehead atoms. The van der Waals surface area contributed by atoms with Crippen LogP contribution in [0.3, 0.4) is 0 Å². The summed E-state index contributed by atoms with van der Waals surface area (Å²) in [5.41, 5.74) is 1.94. The Morgan fingerprint density at radius 2 is 1.81 bits per heavy atom. The highest BCUT2D eigenvalue weighted by atomic mass is 32.1. The van der Waals surface area contributed by atoms with Gasteiger partial charge in [0.25, 0.3) is 0 Å². The Morgan fingerprint density at radius 3 is 2.38 bits per heavy atom. The molecule has 0 spiro atoms. The Bertz CT molecular complexity index is 397. The molecule has 0 saturated carbocycles. The highest BCUT2D eigenvalue weighted by molar-refractivity contribution is 7.80. The summed E-state index contributed by atoms with van der Waals surface area (Å²) in [6.07, 6.45) is 6.49. The molecule has 2 rings (SSSR count). The van der Waals surface area contributed by atoms with Gasteiger partial charge in [0.05, 0.1) is 0 Å². The van der Waals surface area contributed by atoms with Crippen molar-refractivity contribution in [3.05, 3.63) is 35.9 Å². The maximum atomic E-state index is 4.71. The fraction of sp³-hybridized carbons (Fsp3) is 0.684. The Morgan fingerprint density at radius 1 is 1.14 bits per heavy atom. The topological polar surface area (TPSA) is 3.24 Å². The molecular formula is C19H31NS. The van der Waals surface area contributed by atoms with Crippen LogP contribution in [0.5, 0.6) is 0 Å². The predicted molar refractivity (Wildman–Crippen MR) is 96.3 cm³/mol. The van der Waals surface area contributed by atoms with Gasteiger partial charge in [-0.05, 0) is 48.5 Å². The maximum absolute atomic E-state index is 4.71. The monoisotopic (exact) mass is 305 g/mol. The normalized spacial score (nSPS) is 20.0. The molecule has 1 atom stereocenters. The third kappa shape index (κ3) is 4.50. The molecule has 21 heavy (non-hydrogen) atoms. The molecule has 118 valence electrons. The Hall–Kier alpha value is -0.470. The number of benzene rings is 1. The summed E-state index contributed by atoms with van der Waals surface area (Å²) in [6.45, 7) is 8.34. The van der Waals surface area contributed by atoms with Crippen LogP contribution < -0.4 is 0 Å². The van der Waals surface area contributed by atoms with E-state index in [0.717, 1.165) is 11.7 Å². The van der Waals surface area contributed by atoms with Gasteiger partial charge in [-0.15, -0.1) is 0 Å². The summed E-state index contributed by atoms with van der Waals surface area (Å²) < 4.78 is 0. The Labute approximate surface area is 136 Å². The molecule has 1 aliphatic rings. The van der Waals surface area contributed by atoms with Crippen LogP contribution in [0.4, 0.5) is 0 Å². The van der Waals surface area contributed by atoms with Gasteiger partial charge in [0.1, 0.15) is 0 Å². The summed E-state index contributed by atoms with van der Waals surface area (Å²) in [5.74, 6) is 1.76. The number of hydrogen-bond donors (Lipinski definition) is 1. The number of nitrogens with zero attached hydrogens (tertiary/aromatic N) is 1. The lowest BCUT2D eigenvalue weighted by Gasteiger charge is -2.36. The lowest BCUT2D eigenvalue weighted by Crippen LogP contribution is -2.38. The molecular weight excluding hydrogens is 274 g/mol. The molecule has 0 N–H and O–H groups in total. The second kappa shape index (κ2) is 8.24. The van der Waals surface area contributed by atoms with Crippen molar-refractivity contribution in [1.82, 2.24) is 4.90 Å². The van der Waals surface area contributed by atoms with E-state index in [1.165, 1.54) is 57.3 Å². The summed E-state index contributed by atoms with van der Waals surface area (Å²) >= 11 is 4.71. The van der Waals surface area contributed by atoms with Gasteiger partial charge in [0.2, 0.25) is 0 Å². The third-order valence-electron chi connectivity index (χ3n) is 5.00. The molecule has 0 radical (unpaired) electrons. The van der Waals surface area contributed by atoms with Crippen molar-refractivity contribution in [2.75, 3.05) is 25.4 Å². The molecule has 2 heteroatoms. The van der Waals surface area contributed by atoms with Gasteiger partial charge in [-0.3, -0.25) is 0 Å². The first-order valence-electron chi connectivity index (χ1n) is 8.61. The van der Waals surface area contributed by atoms with Crippen molar-refractivity contribution in [3.63, 3.8) is 0 Å². The third-order valence-corrected chi connectivity index (χ3v) is 5.67. The van der Waals surface area contributed by atoms with Crippen molar-refractivity contribution >= 4 is 12.6 Å². The van der Waals surface area contributed by atoms with Crippen molar-refractivity contribution in [1.29, 1.82) is 0 Å². The fourth-order valence-corrected chi connectivity index (χ4v) is 4.42. The van der Waals surface area contributed by atoms with E-state index in [0.29, 0.717) is 5.41 Å². The van der Waals surface area contributed by atoms with E-state index in [1.807, 2.05) is 0 Å². The minimum absolute atomic E-state index is 0.429. The first kappa shape index (κ1) is 16.9. The fourth-order valence-electron chi connectivity index (χ4n) is 4.00. The van der Waals surface area contributed by atoms with Crippen molar-refractivity contribution in [2.45, 2.75) is 51.9 Å². The van der Waals surface area contributed by atoms with E-state index in [1.54, 1.807) is 0 Å². The summed E-state index contributed by atoms with van der Waals surface area (Å²) in [5, 5.41) is 0. The zero-order chi connectivity index (χ0) is 15.1. The second-order valence-corrected chi connectivity index (χ2v) is 7.11. The van der Waals surface area contributed by atoms with Crippen LogP contribution >= 0.6 is 12.6 Å². The predicted octanol–water partition coefficient (Wildman–Crippen LogP) is 4.99. The van der Waals surface area contributed by atoms with Gasteiger partial charge < -0.3 is 4.90 Å². The summed E-state index contributed by atoms with van der Waals surface area (Å²) in [7, 11) is 0. The highest BCUT2D eigenvalue weighted by Gasteiger charge is 2.33. The van der Waals surface area contributed by atoms with E-state index in [2.05, 4.69) is 49.1 Å². The molecule has 1 aromatic carbocycles. The van der Waals surface area contributed by atoms with E-state index in [4.69, 9.17) is 12.6 Å². The van der Waals surface area contributed by atoms with Crippen LogP contribution in [0, 0.1) is 5.41 Å². The molecule has 1 nitrogen and oxygen atoms in total. The largest absolute Gasteiger partial charge is 0.302 e. The number of thiol groups is 1. The number of likely N-dealkylation sites (tertiary alicyclic amines) is 1. The molecule has 0 amide bonds. The van der Waals surface area contributed by atoms with E-state index in [9.17, 15) is 0 Å². The molecule has 0 aliphatic carbocycles. The van der Waals surface area contributed by atoms with Crippen LogP contribution in [-0.2, 0) is 0 Å². The lowest BCUT2D eigenvalue weighted by atomic mass is 9.80. The van der Waals surface area contributed by atoms with Crippen LogP contribution in [-0.4, -0.2) is 30.3 Å². The molecule has 1 aromatic rings. The Balaban J connectivity index is 1.96. The SMILES string of the molecule is CCCC(CS)(CCC)CN1CCC(c2ccccc2)C1. The minimum atomic E-state index is 0.429. The van der Waals surface area contributed by atoms with Gasteiger partial charge in [-0.1, -0.05) is 57.0 Å². The maximum Gasteiger partial charge on any atom is 0.00510 e. The summed E-state index contributed by atoms with van der Waals surface area (Å²) in [4.78, 5) is 2.69. The molecule has 1 fully saturated rings. The minimum Gasteiger partial charge on any atom is -0.302 e. The van der Waals surface area contributed by atoms with Gasteiger partial charge in [0, 0.05) is 13.1 Å². The first-order chi connectivity index (χ1) is 10.2. The number of hydrogen-bond acceptors (Lipinski definition) is 2. The van der Waals surface area contributed by atoms with Crippen molar-refractivity contribution in [2.24, 2.45) is 5.41 Å². The zero-order valence-electron chi connectivity index (χ0n) is 13.7. The highest BCUT2D eigenvalue weighted by Crippen LogP contribution is 2.35. The average molecular weight is 306 g/mol.